The first-order valence-electron chi connectivity index (χ1n) is 12.6. The highest BCUT2D eigenvalue weighted by atomic mass is 35.5. The molecule has 3 aromatic carbocycles. The third kappa shape index (κ3) is 6.95. The molecule has 1 saturated heterocycles. The molecule has 0 unspecified atom stereocenters. The van der Waals surface area contributed by atoms with Gasteiger partial charge in [-0.3, -0.25) is 14.0 Å². The summed E-state index contributed by atoms with van der Waals surface area (Å²) in [5.41, 5.74) is 1.47. The highest BCUT2D eigenvalue weighted by Crippen LogP contribution is 2.33. The molecule has 9 heteroatoms. The van der Waals surface area contributed by atoms with Gasteiger partial charge in [0.25, 0.3) is 10.0 Å². The van der Waals surface area contributed by atoms with Gasteiger partial charge in [0.1, 0.15) is 12.3 Å². The molecule has 0 bridgehead atoms. The first-order valence-corrected chi connectivity index (χ1v) is 14.4. The predicted octanol–water partition coefficient (Wildman–Crippen LogP) is 4.79. The molecule has 1 aliphatic heterocycles. The molecule has 0 N–H and O–H groups in total. The number of para-hydroxylation sites is 2. The highest BCUT2D eigenvalue weighted by molar-refractivity contribution is 7.92. The second kappa shape index (κ2) is 13.0. The fourth-order valence-electron chi connectivity index (χ4n) is 4.28. The van der Waals surface area contributed by atoms with Crippen molar-refractivity contribution >= 4 is 39.3 Å². The van der Waals surface area contributed by atoms with Crippen molar-refractivity contribution in [1.29, 1.82) is 0 Å². The monoisotopic (exact) mass is 553 g/mol. The molecule has 3 aromatic rings. The van der Waals surface area contributed by atoms with Gasteiger partial charge in [0.2, 0.25) is 5.91 Å². The molecule has 1 fully saturated rings. The molecular weight excluding hydrogens is 522 g/mol. The van der Waals surface area contributed by atoms with E-state index in [1.165, 1.54) is 24.3 Å². The average molecular weight is 554 g/mol. The number of nitrogens with zero attached hydrogens (tertiary/aromatic N) is 3. The second-order valence-corrected chi connectivity index (χ2v) is 11.2. The zero-order valence-electron chi connectivity index (χ0n) is 21.4. The van der Waals surface area contributed by atoms with Gasteiger partial charge < -0.3 is 9.64 Å². The number of piperazine rings is 1. The maximum absolute atomic E-state index is 13.7. The van der Waals surface area contributed by atoms with Crippen LogP contribution in [0.4, 0.5) is 5.69 Å². The Hall–Kier alpha value is -3.33. The van der Waals surface area contributed by atoms with E-state index in [0.717, 1.165) is 16.4 Å². The lowest BCUT2D eigenvalue weighted by atomic mass is 10.2. The van der Waals surface area contributed by atoms with Crippen LogP contribution >= 0.6 is 11.6 Å². The van der Waals surface area contributed by atoms with Crippen molar-refractivity contribution < 1.29 is 17.9 Å². The van der Waals surface area contributed by atoms with Crippen LogP contribution in [0.3, 0.4) is 0 Å². The van der Waals surface area contributed by atoms with Gasteiger partial charge in [-0.2, -0.15) is 0 Å². The Morgan fingerprint density at radius 1 is 0.947 bits per heavy atom. The standard InChI is InChI=1S/C29H32ClN3O4S/c1-2-37-28-13-7-6-12-27(28)33(38(35,36)26-16-14-25(30)15-17-26)23-29(34)32-21-19-31(20-22-32)18-8-11-24-9-4-3-5-10-24/h3-17H,2,18-23H2,1H3/b11-8+. The molecule has 7 nitrogen and oxygen atoms in total. The Bertz CT molecular complexity index is 1340. The number of benzene rings is 3. The van der Waals surface area contributed by atoms with Crippen molar-refractivity contribution in [3.63, 3.8) is 0 Å². The van der Waals surface area contributed by atoms with Crippen molar-refractivity contribution in [3.05, 3.63) is 95.5 Å². The third-order valence-electron chi connectivity index (χ3n) is 6.31. The van der Waals surface area contributed by atoms with E-state index in [-0.39, 0.29) is 17.3 Å². The molecule has 0 spiro atoms. The smallest absolute Gasteiger partial charge is 0.264 e. The Morgan fingerprint density at radius 2 is 1.61 bits per heavy atom. The van der Waals surface area contributed by atoms with Gasteiger partial charge in [-0.25, -0.2) is 8.42 Å². The van der Waals surface area contributed by atoms with Crippen LogP contribution < -0.4 is 9.04 Å². The van der Waals surface area contributed by atoms with Gasteiger partial charge >= 0.3 is 0 Å². The summed E-state index contributed by atoms with van der Waals surface area (Å²) < 4.78 is 34.3. The Kier molecular flexibility index (Phi) is 9.44. The summed E-state index contributed by atoms with van der Waals surface area (Å²) in [6.45, 7) is 5.13. The number of amides is 1. The molecule has 0 atom stereocenters. The van der Waals surface area contributed by atoms with E-state index in [9.17, 15) is 13.2 Å². The number of carbonyl (C=O) groups is 1. The SMILES string of the molecule is CCOc1ccccc1N(CC(=O)N1CCN(C/C=C/c2ccccc2)CC1)S(=O)(=O)c1ccc(Cl)cc1. The molecule has 200 valence electrons. The van der Waals surface area contributed by atoms with Crippen molar-refractivity contribution in [2.75, 3.05) is 50.2 Å². The zero-order valence-corrected chi connectivity index (χ0v) is 22.9. The van der Waals surface area contributed by atoms with Gasteiger partial charge in [-0.1, -0.05) is 66.2 Å². The fraction of sp³-hybridized carbons (Fsp3) is 0.276. The van der Waals surface area contributed by atoms with E-state index < -0.39 is 10.0 Å². The van der Waals surface area contributed by atoms with E-state index in [2.05, 4.69) is 29.2 Å². The van der Waals surface area contributed by atoms with Gasteiger partial charge in [0, 0.05) is 37.7 Å². The van der Waals surface area contributed by atoms with Gasteiger partial charge in [0.15, 0.2) is 0 Å². The van der Waals surface area contributed by atoms with Gasteiger partial charge in [-0.15, -0.1) is 0 Å². The molecular formula is C29H32ClN3O4S. The fourth-order valence-corrected chi connectivity index (χ4v) is 5.83. The van der Waals surface area contributed by atoms with Crippen LogP contribution in [0.1, 0.15) is 12.5 Å². The summed E-state index contributed by atoms with van der Waals surface area (Å²) in [5, 5.41) is 0.428. The summed E-state index contributed by atoms with van der Waals surface area (Å²) in [6, 6.07) is 22.9. The molecule has 0 saturated carbocycles. The molecule has 38 heavy (non-hydrogen) atoms. The number of hydrogen-bond acceptors (Lipinski definition) is 5. The molecule has 1 aliphatic rings. The number of halogens is 1. The number of rotatable bonds is 10. The minimum Gasteiger partial charge on any atom is -0.492 e. The number of sulfonamides is 1. The van der Waals surface area contributed by atoms with Crippen molar-refractivity contribution in [1.82, 2.24) is 9.80 Å². The van der Waals surface area contributed by atoms with Gasteiger partial charge in [0.05, 0.1) is 17.2 Å². The summed E-state index contributed by atoms with van der Waals surface area (Å²) in [5.74, 6) is 0.142. The first kappa shape index (κ1) is 27.7. The van der Waals surface area contributed by atoms with Crippen LogP contribution in [0.15, 0.2) is 89.8 Å². The maximum Gasteiger partial charge on any atom is 0.264 e. The van der Waals surface area contributed by atoms with Crippen LogP contribution in [-0.2, 0) is 14.8 Å². The van der Waals surface area contributed by atoms with E-state index in [4.69, 9.17) is 16.3 Å². The number of ether oxygens (including phenoxy) is 1. The highest BCUT2D eigenvalue weighted by Gasteiger charge is 2.31. The lowest BCUT2D eigenvalue weighted by Crippen LogP contribution is -2.51. The first-order chi connectivity index (χ1) is 18.4. The van der Waals surface area contributed by atoms with Crippen molar-refractivity contribution in [2.24, 2.45) is 0 Å². The summed E-state index contributed by atoms with van der Waals surface area (Å²) in [7, 11) is -4.07. The predicted molar refractivity (Wildman–Crippen MR) is 152 cm³/mol. The quantitative estimate of drug-likeness (QED) is 0.361. The van der Waals surface area contributed by atoms with Crippen LogP contribution in [0, 0.1) is 0 Å². The molecule has 1 heterocycles. The third-order valence-corrected chi connectivity index (χ3v) is 8.34. The maximum atomic E-state index is 13.7. The van der Waals surface area contributed by atoms with Crippen LogP contribution in [0.25, 0.3) is 6.08 Å². The van der Waals surface area contributed by atoms with E-state index in [1.807, 2.05) is 25.1 Å². The van der Waals surface area contributed by atoms with Crippen LogP contribution in [-0.4, -0.2) is 70.0 Å². The number of hydrogen-bond donors (Lipinski definition) is 0. The number of anilines is 1. The van der Waals surface area contributed by atoms with Crippen LogP contribution in [0.2, 0.25) is 5.02 Å². The van der Waals surface area contributed by atoms with Gasteiger partial charge in [-0.05, 0) is 48.9 Å². The zero-order chi connectivity index (χ0) is 27.0. The minimum atomic E-state index is -4.07. The summed E-state index contributed by atoms with van der Waals surface area (Å²) in [6.07, 6.45) is 4.21. The topological polar surface area (TPSA) is 70.2 Å². The van der Waals surface area contributed by atoms with Crippen LogP contribution in [0.5, 0.6) is 5.75 Å². The van der Waals surface area contributed by atoms with Crippen molar-refractivity contribution in [2.45, 2.75) is 11.8 Å². The lowest BCUT2D eigenvalue weighted by Gasteiger charge is -2.35. The number of carbonyl (C=O) groups excluding carboxylic acids is 1. The second-order valence-electron chi connectivity index (χ2n) is 8.86. The molecule has 0 aliphatic carbocycles. The largest absolute Gasteiger partial charge is 0.492 e. The summed E-state index contributed by atoms with van der Waals surface area (Å²) in [4.78, 5) is 17.5. The molecule has 4 rings (SSSR count). The normalized spacial score (nSPS) is 14.5. The van der Waals surface area contributed by atoms with Crippen molar-refractivity contribution in [3.8, 4) is 5.75 Å². The van der Waals surface area contributed by atoms with E-state index in [0.29, 0.717) is 49.2 Å². The Labute approximate surface area is 229 Å². The lowest BCUT2D eigenvalue weighted by molar-refractivity contribution is -0.131. The average Bonchev–Trinajstić information content (AvgIpc) is 2.93. The molecule has 1 amide bonds. The molecule has 0 radical (unpaired) electrons. The summed E-state index contributed by atoms with van der Waals surface area (Å²) >= 11 is 5.99. The van der Waals surface area contributed by atoms with E-state index >= 15 is 0 Å². The Morgan fingerprint density at radius 3 is 2.29 bits per heavy atom. The minimum absolute atomic E-state index is 0.0519. The van der Waals surface area contributed by atoms with E-state index in [1.54, 1.807) is 29.2 Å². The Balaban J connectivity index is 1.47. The molecule has 0 aromatic heterocycles.